The fourth-order valence-electron chi connectivity index (χ4n) is 3.58. The van der Waals surface area contributed by atoms with Gasteiger partial charge in [0, 0.05) is 39.5 Å². The Morgan fingerprint density at radius 2 is 1.46 bits per heavy atom. The number of nitrogens with one attached hydrogen (secondary N) is 1. The van der Waals surface area contributed by atoms with Crippen molar-refractivity contribution in [2.75, 3.05) is 24.4 Å². The van der Waals surface area contributed by atoms with Gasteiger partial charge in [0.1, 0.15) is 0 Å². The van der Waals surface area contributed by atoms with Crippen LogP contribution in [0, 0.1) is 0 Å². The Labute approximate surface area is 233 Å². The van der Waals surface area contributed by atoms with E-state index in [1.807, 2.05) is 0 Å². The molecule has 0 saturated heterocycles. The fourth-order valence-corrected chi connectivity index (χ4v) is 5.30. The number of anilines is 2. The lowest BCUT2D eigenvalue weighted by atomic mass is 9.94. The van der Waals surface area contributed by atoms with Crippen LogP contribution in [0.5, 0.6) is 5.75 Å². The van der Waals surface area contributed by atoms with Gasteiger partial charge in [-0.1, -0.05) is 6.07 Å². The molecule has 39 heavy (non-hydrogen) atoms. The highest BCUT2D eigenvalue weighted by Crippen LogP contribution is 2.54. The highest BCUT2D eigenvalue weighted by Gasteiger charge is 2.73. The second-order valence-corrected chi connectivity index (χ2v) is 9.59. The molecule has 1 heterocycles. The minimum absolute atomic E-state index is 0.0717. The van der Waals surface area contributed by atoms with Crippen LogP contribution in [0.2, 0.25) is 0 Å². The van der Waals surface area contributed by atoms with Gasteiger partial charge < -0.3 is 15.0 Å². The number of pyridine rings is 1. The van der Waals surface area contributed by atoms with Crippen molar-refractivity contribution in [2.45, 2.75) is 18.0 Å². The van der Waals surface area contributed by atoms with Gasteiger partial charge in [-0.3, -0.25) is 14.6 Å². The van der Waals surface area contributed by atoms with E-state index in [2.05, 4.69) is 42.2 Å². The van der Waals surface area contributed by atoms with E-state index in [0.717, 1.165) is 4.90 Å². The topological polar surface area (TPSA) is 71.5 Å². The summed E-state index contributed by atoms with van der Waals surface area (Å²) in [6, 6.07) is 7.70. The Morgan fingerprint density at radius 1 is 0.923 bits per heavy atom. The standard InChI is InChI=1S/C24H16Br2F7N3O3/c1-36(18-15(25)10-13(11-16(18)26)22(27,23(28,29)30)24(31,32)33)21(38)14-4-3-5-17(19(14)39-2)35-20(37)12-6-8-34-9-7-12/h3-11H,1-2H3,(H,35,37). The van der Waals surface area contributed by atoms with Gasteiger partial charge in [0.15, 0.2) is 5.75 Å². The van der Waals surface area contributed by atoms with E-state index < -0.39 is 44.3 Å². The van der Waals surface area contributed by atoms with Crippen LogP contribution < -0.4 is 15.0 Å². The summed E-state index contributed by atoms with van der Waals surface area (Å²) in [4.78, 5) is 30.7. The Bertz CT molecular complexity index is 1360. The average Bonchev–Trinajstić information content (AvgIpc) is 2.86. The molecule has 0 bridgehead atoms. The quantitative estimate of drug-likeness (QED) is 0.274. The van der Waals surface area contributed by atoms with Crippen molar-refractivity contribution in [2.24, 2.45) is 0 Å². The third-order valence-corrected chi connectivity index (χ3v) is 6.69. The number of para-hydroxylation sites is 1. The molecule has 15 heteroatoms. The molecule has 3 aromatic rings. The van der Waals surface area contributed by atoms with E-state index >= 15 is 0 Å². The van der Waals surface area contributed by atoms with Crippen LogP contribution in [-0.4, -0.2) is 43.3 Å². The smallest absolute Gasteiger partial charge is 0.435 e. The number of hydrogen-bond donors (Lipinski definition) is 1. The van der Waals surface area contributed by atoms with Gasteiger partial charge in [-0.2, -0.15) is 26.3 Å². The normalized spacial score (nSPS) is 12.2. The van der Waals surface area contributed by atoms with Gasteiger partial charge in [-0.15, -0.1) is 0 Å². The molecule has 1 aromatic heterocycles. The predicted molar refractivity (Wildman–Crippen MR) is 135 cm³/mol. The van der Waals surface area contributed by atoms with E-state index in [0.29, 0.717) is 12.1 Å². The van der Waals surface area contributed by atoms with E-state index in [1.165, 1.54) is 56.9 Å². The van der Waals surface area contributed by atoms with Crippen LogP contribution >= 0.6 is 31.9 Å². The van der Waals surface area contributed by atoms with Crippen molar-refractivity contribution in [1.29, 1.82) is 0 Å². The minimum Gasteiger partial charge on any atom is -0.494 e. The van der Waals surface area contributed by atoms with Crippen molar-refractivity contribution >= 4 is 55.0 Å². The van der Waals surface area contributed by atoms with Crippen LogP contribution in [0.3, 0.4) is 0 Å². The van der Waals surface area contributed by atoms with Crippen LogP contribution in [0.4, 0.5) is 42.1 Å². The molecule has 0 unspecified atom stereocenters. The third kappa shape index (κ3) is 5.73. The van der Waals surface area contributed by atoms with Gasteiger partial charge in [-0.05, 0) is 68.3 Å². The molecule has 0 radical (unpaired) electrons. The van der Waals surface area contributed by atoms with E-state index in [1.54, 1.807) is 0 Å². The lowest BCUT2D eigenvalue weighted by Gasteiger charge is -2.31. The summed E-state index contributed by atoms with van der Waals surface area (Å²) in [5.74, 6) is -1.43. The number of amides is 2. The Morgan fingerprint density at radius 3 is 1.95 bits per heavy atom. The summed E-state index contributed by atoms with van der Waals surface area (Å²) in [6.07, 6.45) is -9.83. The molecule has 0 fully saturated rings. The summed E-state index contributed by atoms with van der Waals surface area (Å²) in [5, 5.41) is 2.59. The summed E-state index contributed by atoms with van der Waals surface area (Å²) in [6.45, 7) is 0. The summed E-state index contributed by atoms with van der Waals surface area (Å²) in [7, 11) is 2.41. The number of hydrogen-bond acceptors (Lipinski definition) is 4. The first-order valence-corrected chi connectivity index (χ1v) is 12.1. The fraction of sp³-hybridized carbons (Fsp3) is 0.208. The molecule has 6 nitrogen and oxygen atoms in total. The molecule has 3 rings (SSSR count). The number of carbonyl (C=O) groups is 2. The number of rotatable bonds is 6. The van der Waals surface area contributed by atoms with Gasteiger partial charge in [0.05, 0.1) is 24.0 Å². The highest BCUT2D eigenvalue weighted by atomic mass is 79.9. The maximum Gasteiger partial charge on any atom is 0.435 e. The molecule has 2 aromatic carbocycles. The summed E-state index contributed by atoms with van der Waals surface area (Å²) >= 11 is 5.71. The van der Waals surface area contributed by atoms with Crippen molar-refractivity contribution in [3.05, 3.63) is 80.5 Å². The molecule has 0 spiro atoms. The molecular formula is C24H16Br2F7N3O3. The zero-order chi connectivity index (χ0) is 29.3. The number of carbonyl (C=O) groups excluding carboxylic acids is 2. The zero-order valence-corrected chi connectivity index (χ0v) is 22.9. The van der Waals surface area contributed by atoms with Gasteiger partial charge in [0.25, 0.3) is 11.8 Å². The molecule has 0 saturated carbocycles. The first-order valence-electron chi connectivity index (χ1n) is 10.5. The maximum absolute atomic E-state index is 14.6. The molecule has 1 N–H and O–H groups in total. The first-order chi connectivity index (χ1) is 18.0. The summed E-state index contributed by atoms with van der Waals surface area (Å²) < 4.78 is 98.5. The van der Waals surface area contributed by atoms with Gasteiger partial charge >= 0.3 is 18.0 Å². The number of benzene rings is 2. The Kier molecular flexibility index (Phi) is 8.65. The number of halogens is 9. The first kappa shape index (κ1) is 30.3. The molecule has 208 valence electrons. The van der Waals surface area contributed by atoms with Crippen LogP contribution in [0.15, 0.2) is 63.8 Å². The van der Waals surface area contributed by atoms with Crippen LogP contribution in [-0.2, 0) is 5.67 Å². The number of aromatic nitrogens is 1. The maximum atomic E-state index is 14.6. The Balaban J connectivity index is 2.02. The van der Waals surface area contributed by atoms with Crippen LogP contribution in [0.1, 0.15) is 26.3 Å². The largest absolute Gasteiger partial charge is 0.494 e. The van der Waals surface area contributed by atoms with E-state index in [-0.39, 0.29) is 28.3 Å². The predicted octanol–water partition coefficient (Wildman–Crippen LogP) is 7.43. The van der Waals surface area contributed by atoms with Crippen molar-refractivity contribution in [1.82, 2.24) is 4.98 Å². The van der Waals surface area contributed by atoms with Crippen molar-refractivity contribution in [3.63, 3.8) is 0 Å². The van der Waals surface area contributed by atoms with Gasteiger partial charge in [0.2, 0.25) is 0 Å². The highest BCUT2D eigenvalue weighted by molar-refractivity contribution is 9.11. The minimum atomic E-state index is -6.32. The van der Waals surface area contributed by atoms with Gasteiger partial charge in [-0.25, -0.2) is 4.39 Å². The Hall–Kier alpha value is -3.20. The van der Waals surface area contributed by atoms with E-state index in [4.69, 9.17) is 4.74 Å². The second-order valence-electron chi connectivity index (χ2n) is 7.88. The monoisotopic (exact) mass is 685 g/mol. The van der Waals surface area contributed by atoms with E-state index in [9.17, 15) is 40.3 Å². The second kappa shape index (κ2) is 11.1. The SMILES string of the molecule is COc1c(NC(=O)c2ccncc2)cccc1C(=O)N(C)c1c(Br)cc(C(F)(C(F)(F)F)C(F)(F)F)cc1Br. The number of methoxy groups -OCH3 is 1. The number of nitrogens with zero attached hydrogens (tertiary/aromatic N) is 2. The summed E-state index contributed by atoms with van der Waals surface area (Å²) in [5.41, 5.74) is -7.37. The molecule has 0 aliphatic heterocycles. The molecule has 0 aliphatic carbocycles. The third-order valence-electron chi connectivity index (χ3n) is 5.48. The average molecular weight is 687 g/mol. The lowest BCUT2D eigenvalue weighted by Crippen LogP contribution is -2.50. The zero-order valence-electron chi connectivity index (χ0n) is 19.7. The lowest BCUT2D eigenvalue weighted by molar-refractivity contribution is -0.348. The van der Waals surface area contributed by atoms with Crippen molar-refractivity contribution < 1.29 is 45.1 Å². The van der Waals surface area contributed by atoms with Crippen molar-refractivity contribution in [3.8, 4) is 5.75 Å². The molecule has 0 aliphatic rings. The molecule has 2 amide bonds. The van der Waals surface area contributed by atoms with Crippen LogP contribution in [0.25, 0.3) is 0 Å². The number of alkyl halides is 7. The molecule has 0 atom stereocenters. The number of ether oxygens (including phenoxy) is 1. The molecular weight excluding hydrogens is 671 g/mol.